The number of benzene rings is 1. The summed E-state index contributed by atoms with van der Waals surface area (Å²) in [7, 11) is 0. The molecule has 0 aliphatic carbocycles. The van der Waals surface area contributed by atoms with Crippen LogP contribution in [0.5, 0.6) is 5.88 Å². The minimum atomic E-state index is -0.268. The standard InChI is InChI=1S/C20H15N5O2S/c1-12-18-15(10-17(26)24(12)11-13-6-8-21-9-7-13)23-25(19(18)27)20-22-14-4-2-3-5-16(14)28-20/h2-10,26H,11H2,1H3/p-1. The molecule has 5 rings (SSSR count). The van der Waals surface area contributed by atoms with E-state index in [9.17, 15) is 9.90 Å². The molecule has 1 aromatic carbocycles. The lowest BCUT2D eigenvalue weighted by Crippen LogP contribution is -2.18. The van der Waals surface area contributed by atoms with E-state index in [2.05, 4.69) is 15.1 Å². The molecule has 7 nitrogen and oxygen atoms in total. The summed E-state index contributed by atoms with van der Waals surface area (Å²) < 4.78 is 3.85. The second-order valence-electron chi connectivity index (χ2n) is 6.45. The fourth-order valence-corrected chi connectivity index (χ4v) is 4.22. The maximum absolute atomic E-state index is 13.1. The van der Waals surface area contributed by atoms with Crippen molar-refractivity contribution < 1.29 is 5.11 Å². The van der Waals surface area contributed by atoms with Crippen molar-refractivity contribution in [2.24, 2.45) is 0 Å². The molecule has 0 N–H and O–H groups in total. The maximum Gasteiger partial charge on any atom is 0.284 e. The Morgan fingerprint density at radius 2 is 1.93 bits per heavy atom. The van der Waals surface area contributed by atoms with E-state index in [-0.39, 0.29) is 11.4 Å². The van der Waals surface area contributed by atoms with Crippen LogP contribution in [-0.2, 0) is 6.54 Å². The van der Waals surface area contributed by atoms with Crippen molar-refractivity contribution in [1.29, 1.82) is 0 Å². The van der Waals surface area contributed by atoms with E-state index >= 15 is 0 Å². The number of hydrogen-bond acceptors (Lipinski definition) is 6. The molecule has 28 heavy (non-hydrogen) atoms. The number of fused-ring (bicyclic) bond motifs is 2. The highest BCUT2D eigenvalue weighted by molar-refractivity contribution is 7.20. The SMILES string of the molecule is Cc1c2c(=O)n(-c3nc4ccccc4s3)nc-2cc([O-])n1Cc1ccncc1. The van der Waals surface area contributed by atoms with E-state index < -0.39 is 0 Å². The molecule has 2 aliphatic heterocycles. The van der Waals surface area contributed by atoms with Crippen molar-refractivity contribution in [2.75, 3.05) is 0 Å². The smallest absolute Gasteiger partial charge is 0.284 e. The number of para-hydroxylation sites is 1. The summed E-state index contributed by atoms with van der Waals surface area (Å²) in [6.45, 7) is 2.14. The fourth-order valence-electron chi connectivity index (χ4n) is 3.30. The van der Waals surface area contributed by atoms with Crippen LogP contribution in [0.25, 0.3) is 26.6 Å². The first-order chi connectivity index (χ1) is 13.6. The van der Waals surface area contributed by atoms with Gasteiger partial charge in [-0.2, -0.15) is 9.78 Å². The Kier molecular flexibility index (Phi) is 3.73. The molecule has 0 bridgehead atoms. The molecule has 0 amide bonds. The molecule has 0 radical (unpaired) electrons. The van der Waals surface area contributed by atoms with Crippen LogP contribution < -0.4 is 10.7 Å². The average Bonchev–Trinajstić information content (AvgIpc) is 3.27. The number of nitrogens with zero attached hydrogens (tertiary/aromatic N) is 5. The number of pyridine rings is 2. The van der Waals surface area contributed by atoms with Crippen molar-refractivity contribution in [2.45, 2.75) is 13.5 Å². The van der Waals surface area contributed by atoms with Crippen LogP contribution >= 0.6 is 11.3 Å². The third kappa shape index (κ3) is 2.57. The van der Waals surface area contributed by atoms with Gasteiger partial charge in [0, 0.05) is 24.6 Å². The van der Waals surface area contributed by atoms with Crippen LogP contribution in [0.15, 0.2) is 59.7 Å². The predicted molar refractivity (Wildman–Crippen MR) is 105 cm³/mol. The van der Waals surface area contributed by atoms with Crippen molar-refractivity contribution in [3.8, 4) is 22.3 Å². The first kappa shape index (κ1) is 16.6. The lowest BCUT2D eigenvalue weighted by atomic mass is 10.1. The molecular formula is C20H14N5O2S-. The zero-order valence-corrected chi connectivity index (χ0v) is 15.7. The largest absolute Gasteiger partial charge is 0.860 e. The van der Waals surface area contributed by atoms with Gasteiger partial charge in [-0.1, -0.05) is 23.5 Å². The van der Waals surface area contributed by atoms with Crippen molar-refractivity contribution in [3.05, 3.63) is 76.5 Å². The Morgan fingerprint density at radius 1 is 1.14 bits per heavy atom. The van der Waals surface area contributed by atoms with Gasteiger partial charge in [0.1, 0.15) is 0 Å². The van der Waals surface area contributed by atoms with Gasteiger partial charge >= 0.3 is 0 Å². The van der Waals surface area contributed by atoms with Gasteiger partial charge in [-0.3, -0.25) is 9.78 Å². The first-order valence-corrected chi connectivity index (χ1v) is 9.48. The molecule has 2 aliphatic rings. The van der Waals surface area contributed by atoms with Crippen LogP contribution in [0.4, 0.5) is 0 Å². The van der Waals surface area contributed by atoms with Crippen LogP contribution in [-0.4, -0.2) is 24.3 Å². The average molecular weight is 388 g/mol. The highest BCUT2D eigenvalue weighted by Gasteiger charge is 2.22. The molecule has 0 saturated heterocycles. The molecule has 0 saturated carbocycles. The Labute approximate surface area is 163 Å². The normalized spacial score (nSPS) is 11.5. The molecule has 0 fully saturated rings. The van der Waals surface area contributed by atoms with Crippen LogP contribution in [0.3, 0.4) is 0 Å². The van der Waals surface area contributed by atoms with Crippen LogP contribution in [0.2, 0.25) is 0 Å². The molecule has 3 aromatic rings. The van der Waals surface area contributed by atoms with Gasteiger partial charge in [-0.05, 0) is 48.7 Å². The van der Waals surface area contributed by atoms with E-state index in [1.807, 2.05) is 36.4 Å². The Morgan fingerprint density at radius 3 is 2.71 bits per heavy atom. The van der Waals surface area contributed by atoms with E-state index in [0.717, 1.165) is 15.8 Å². The van der Waals surface area contributed by atoms with Crippen LogP contribution in [0.1, 0.15) is 11.3 Å². The lowest BCUT2D eigenvalue weighted by molar-refractivity contribution is -0.279. The lowest BCUT2D eigenvalue weighted by Gasteiger charge is -2.22. The monoisotopic (exact) mass is 388 g/mol. The zero-order chi connectivity index (χ0) is 19.3. The highest BCUT2D eigenvalue weighted by Crippen LogP contribution is 2.29. The van der Waals surface area contributed by atoms with Gasteiger partial charge in [0.25, 0.3) is 5.56 Å². The van der Waals surface area contributed by atoms with Gasteiger partial charge in [-0.25, -0.2) is 4.98 Å². The highest BCUT2D eigenvalue weighted by atomic mass is 32.1. The third-order valence-electron chi connectivity index (χ3n) is 4.72. The summed E-state index contributed by atoms with van der Waals surface area (Å²) in [4.78, 5) is 21.6. The summed E-state index contributed by atoms with van der Waals surface area (Å²) >= 11 is 1.39. The van der Waals surface area contributed by atoms with Gasteiger partial charge < -0.3 is 9.67 Å². The number of thiazole rings is 1. The minimum absolute atomic E-state index is 0.198. The molecule has 0 unspecified atom stereocenters. The topological polar surface area (TPSA) is 88.7 Å². The van der Waals surface area contributed by atoms with Gasteiger partial charge in [-0.15, -0.1) is 0 Å². The number of rotatable bonds is 3. The van der Waals surface area contributed by atoms with Crippen LogP contribution in [0, 0.1) is 6.92 Å². The van der Waals surface area contributed by atoms with Gasteiger partial charge in [0.05, 0.1) is 21.5 Å². The number of hydrogen-bond donors (Lipinski definition) is 0. The van der Waals surface area contributed by atoms with Crippen molar-refractivity contribution in [1.82, 2.24) is 24.3 Å². The second-order valence-corrected chi connectivity index (χ2v) is 7.46. The molecule has 138 valence electrons. The zero-order valence-electron chi connectivity index (χ0n) is 14.9. The summed E-state index contributed by atoms with van der Waals surface area (Å²) in [6.07, 6.45) is 3.36. The summed E-state index contributed by atoms with van der Waals surface area (Å²) in [5.74, 6) is -0.198. The number of aromatic nitrogens is 5. The Hall–Kier alpha value is -3.52. The van der Waals surface area contributed by atoms with Gasteiger partial charge in [0.2, 0.25) is 5.13 Å². The molecule has 4 heterocycles. The Balaban J connectivity index is 1.68. The van der Waals surface area contributed by atoms with E-state index in [4.69, 9.17) is 0 Å². The van der Waals surface area contributed by atoms with E-state index in [0.29, 0.717) is 28.6 Å². The van der Waals surface area contributed by atoms with Crippen molar-refractivity contribution in [3.63, 3.8) is 0 Å². The third-order valence-corrected chi connectivity index (χ3v) is 5.73. The molecule has 0 spiro atoms. The minimum Gasteiger partial charge on any atom is -0.860 e. The summed E-state index contributed by atoms with van der Waals surface area (Å²) in [6, 6.07) is 12.8. The summed E-state index contributed by atoms with van der Waals surface area (Å²) in [5, 5.41) is 17.5. The van der Waals surface area contributed by atoms with E-state index in [1.54, 1.807) is 23.9 Å². The molecule has 8 heteroatoms. The first-order valence-electron chi connectivity index (χ1n) is 8.67. The molecule has 2 aromatic heterocycles. The quantitative estimate of drug-likeness (QED) is 0.474. The van der Waals surface area contributed by atoms with Crippen molar-refractivity contribution >= 4 is 21.6 Å². The second kappa shape index (κ2) is 6.28. The maximum atomic E-state index is 13.1. The summed E-state index contributed by atoms with van der Waals surface area (Å²) in [5.41, 5.74) is 2.90. The fraction of sp³-hybridized carbons (Fsp3) is 0.100. The predicted octanol–water partition coefficient (Wildman–Crippen LogP) is 2.57. The molecule has 0 atom stereocenters. The van der Waals surface area contributed by atoms with Gasteiger partial charge in [0.15, 0.2) is 0 Å². The van der Waals surface area contributed by atoms with E-state index in [1.165, 1.54) is 22.1 Å². The molecular weight excluding hydrogens is 374 g/mol. The Bertz CT molecular complexity index is 1300.